The Morgan fingerprint density at radius 3 is 2.83 bits per heavy atom. The molecule has 0 aliphatic carbocycles. The fourth-order valence-electron chi connectivity index (χ4n) is 2.50. The quantitative estimate of drug-likeness (QED) is 0.250. The molecule has 2 rings (SSSR count). The fourth-order valence-corrected chi connectivity index (χ4v) is 2.61. The molecule has 0 bridgehead atoms. The number of methoxy groups -OCH3 is 1. The van der Waals surface area contributed by atoms with Gasteiger partial charge in [-0.3, -0.25) is 10.1 Å². The molecule has 1 aromatic rings. The third kappa shape index (κ3) is 3.49. The van der Waals surface area contributed by atoms with E-state index in [1.807, 2.05) is 0 Å². The second-order valence-corrected chi connectivity index (χ2v) is 5.49. The monoisotopic (exact) mass is 340 g/mol. The van der Waals surface area contributed by atoms with Crippen LogP contribution in [0, 0.1) is 16.7 Å². The number of nitro groups is 1. The van der Waals surface area contributed by atoms with E-state index in [-0.39, 0.29) is 18.0 Å². The second kappa shape index (κ2) is 7.49. The minimum Gasteiger partial charge on any atom is -0.493 e. The van der Waals surface area contributed by atoms with Crippen LogP contribution in [-0.2, 0) is 10.3 Å². The molecule has 0 aromatic heterocycles. The van der Waals surface area contributed by atoms with E-state index in [1.165, 1.54) is 19.2 Å². The van der Waals surface area contributed by atoms with Crippen LogP contribution in [0.1, 0.15) is 18.4 Å². The molecule has 1 aliphatic heterocycles. The topological polar surface area (TPSA) is 75.2 Å². The van der Waals surface area contributed by atoms with Gasteiger partial charge in [0.15, 0.2) is 11.5 Å². The first-order chi connectivity index (χ1) is 11.1. The highest BCUT2D eigenvalue weighted by Gasteiger charge is 2.48. The van der Waals surface area contributed by atoms with Crippen LogP contribution in [0.15, 0.2) is 12.1 Å². The number of nitrogens with zero attached hydrogens (tertiary/aromatic N) is 2. The van der Waals surface area contributed by atoms with Crippen LogP contribution >= 0.6 is 11.6 Å². The first kappa shape index (κ1) is 17.3. The average molecular weight is 341 g/mol. The van der Waals surface area contributed by atoms with E-state index in [0.29, 0.717) is 43.2 Å². The van der Waals surface area contributed by atoms with E-state index in [2.05, 4.69) is 4.85 Å². The van der Waals surface area contributed by atoms with E-state index >= 15 is 0 Å². The van der Waals surface area contributed by atoms with Crippen molar-refractivity contribution in [1.82, 2.24) is 0 Å². The SMILES string of the molecule is [C-]#[N+]C1(c2cc(OC)c(OCCCCl)cc2[N+](=O)[O-])CCOC1. The summed E-state index contributed by atoms with van der Waals surface area (Å²) in [5.74, 6) is 1.06. The summed E-state index contributed by atoms with van der Waals surface area (Å²) < 4.78 is 16.1. The molecule has 23 heavy (non-hydrogen) atoms. The zero-order chi connectivity index (χ0) is 16.9. The van der Waals surface area contributed by atoms with Crippen molar-refractivity contribution in [3.8, 4) is 11.5 Å². The zero-order valence-electron chi connectivity index (χ0n) is 12.7. The number of hydrogen-bond donors (Lipinski definition) is 0. The van der Waals surface area contributed by atoms with E-state index < -0.39 is 10.5 Å². The maximum Gasteiger partial charge on any atom is 0.289 e. The molecular formula is C15H17ClN2O5. The van der Waals surface area contributed by atoms with Crippen LogP contribution < -0.4 is 9.47 Å². The Kier molecular flexibility index (Phi) is 5.64. The number of ether oxygens (including phenoxy) is 3. The molecule has 7 nitrogen and oxygen atoms in total. The van der Waals surface area contributed by atoms with Crippen molar-refractivity contribution in [2.24, 2.45) is 0 Å². The molecule has 1 heterocycles. The molecule has 1 fully saturated rings. The third-order valence-electron chi connectivity index (χ3n) is 3.73. The summed E-state index contributed by atoms with van der Waals surface area (Å²) in [6.45, 7) is 8.33. The Hall–Kier alpha value is -2.04. The number of nitro benzene ring substituents is 1. The highest BCUT2D eigenvalue weighted by Crippen LogP contribution is 2.44. The fraction of sp³-hybridized carbons (Fsp3) is 0.533. The van der Waals surface area contributed by atoms with Gasteiger partial charge in [0.05, 0.1) is 37.7 Å². The smallest absolute Gasteiger partial charge is 0.289 e. The molecule has 8 heteroatoms. The Labute approximate surface area is 139 Å². The Balaban J connectivity index is 2.50. The predicted octanol–water partition coefficient (Wildman–Crippen LogP) is 3.15. The molecule has 0 saturated carbocycles. The Morgan fingerprint density at radius 1 is 1.52 bits per heavy atom. The van der Waals surface area contributed by atoms with Crippen molar-refractivity contribution in [2.75, 3.05) is 32.8 Å². The summed E-state index contributed by atoms with van der Waals surface area (Å²) in [6.07, 6.45) is 1.02. The number of hydrogen-bond acceptors (Lipinski definition) is 5. The zero-order valence-corrected chi connectivity index (χ0v) is 13.5. The molecular weight excluding hydrogens is 324 g/mol. The Bertz CT molecular complexity index is 623. The van der Waals surface area contributed by atoms with Crippen LogP contribution in [0.5, 0.6) is 11.5 Å². The van der Waals surface area contributed by atoms with Gasteiger partial charge in [0.25, 0.3) is 11.2 Å². The number of alkyl halides is 1. The van der Waals surface area contributed by atoms with Crippen molar-refractivity contribution in [3.63, 3.8) is 0 Å². The molecule has 0 radical (unpaired) electrons. The Morgan fingerprint density at radius 2 is 2.30 bits per heavy atom. The molecule has 1 atom stereocenters. The normalized spacial score (nSPS) is 20.0. The number of rotatable bonds is 7. The molecule has 0 spiro atoms. The van der Waals surface area contributed by atoms with Gasteiger partial charge < -0.3 is 19.1 Å². The van der Waals surface area contributed by atoms with E-state index in [9.17, 15) is 10.1 Å². The highest BCUT2D eigenvalue weighted by atomic mass is 35.5. The van der Waals surface area contributed by atoms with Crippen molar-refractivity contribution in [1.29, 1.82) is 0 Å². The van der Waals surface area contributed by atoms with Gasteiger partial charge >= 0.3 is 0 Å². The standard InChI is InChI=1S/C15H17ClN2O5/c1-17-15(4-7-22-10-15)11-8-13(21-2)14(23-6-3-5-16)9-12(11)18(19)20/h8-9H,3-7,10H2,2H3. The molecule has 124 valence electrons. The first-order valence-electron chi connectivity index (χ1n) is 7.10. The summed E-state index contributed by atoms with van der Waals surface area (Å²) in [4.78, 5) is 14.6. The van der Waals surface area contributed by atoms with Crippen LogP contribution in [0.4, 0.5) is 5.69 Å². The third-order valence-corrected chi connectivity index (χ3v) is 4.00. The lowest BCUT2D eigenvalue weighted by Crippen LogP contribution is -2.23. The maximum atomic E-state index is 11.5. The van der Waals surface area contributed by atoms with Gasteiger partial charge in [-0.05, 0) is 6.42 Å². The van der Waals surface area contributed by atoms with Crippen LogP contribution in [0.2, 0.25) is 0 Å². The van der Waals surface area contributed by atoms with Gasteiger partial charge in [0, 0.05) is 11.9 Å². The molecule has 0 amide bonds. The van der Waals surface area contributed by atoms with E-state index in [4.69, 9.17) is 32.4 Å². The van der Waals surface area contributed by atoms with Gasteiger partial charge in [0.1, 0.15) is 12.2 Å². The van der Waals surface area contributed by atoms with Crippen molar-refractivity contribution < 1.29 is 19.1 Å². The maximum absolute atomic E-state index is 11.5. The minimum atomic E-state index is -1.05. The van der Waals surface area contributed by atoms with Gasteiger partial charge in [-0.25, -0.2) is 6.57 Å². The van der Waals surface area contributed by atoms with Crippen LogP contribution in [0.25, 0.3) is 4.85 Å². The van der Waals surface area contributed by atoms with Crippen LogP contribution in [-0.4, -0.2) is 37.7 Å². The summed E-state index contributed by atoms with van der Waals surface area (Å²) in [7, 11) is 1.45. The molecule has 1 unspecified atom stereocenters. The minimum absolute atomic E-state index is 0.132. The molecule has 1 aliphatic rings. The lowest BCUT2D eigenvalue weighted by Gasteiger charge is -2.17. The van der Waals surface area contributed by atoms with Gasteiger partial charge in [0.2, 0.25) is 0 Å². The lowest BCUT2D eigenvalue weighted by molar-refractivity contribution is -0.386. The van der Waals surface area contributed by atoms with Crippen molar-refractivity contribution >= 4 is 17.3 Å². The summed E-state index contributed by atoms with van der Waals surface area (Å²) in [5.41, 5.74) is -0.908. The van der Waals surface area contributed by atoms with Gasteiger partial charge in [-0.1, -0.05) is 0 Å². The largest absolute Gasteiger partial charge is 0.493 e. The summed E-state index contributed by atoms with van der Waals surface area (Å²) >= 11 is 5.60. The first-order valence-corrected chi connectivity index (χ1v) is 7.63. The van der Waals surface area contributed by atoms with Crippen molar-refractivity contribution in [2.45, 2.75) is 18.4 Å². The van der Waals surface area contributed by atoms with E-state index in [1.54, 1.807) is 0 Å². The molecule has 0 N–H and O–H groups in total. The molecule has 1 aromatic carbocycles. The average Bonchev–Trinajstić information content (AvgIpc) is 3.04. The summed E-state index contributed by atoms with van der Waals surface area (Å²) in [6, 6.07) is 2.83. The second-order valence-electron chi connectivity index (χ2n) is 5.11. The highest BCUT2D eigenvalue weighted by molar-refractivity contribution is 6.17. The molecule has 1 saturated heterocycles. The number of benzene rings is 1. The summed E-state index contributed by atoms with van der Waals surface area (Å²) in [5, 5.41) is 11.5. The predicted molar refractivity (Wildman–Crippen MR) is 84.2 cm³/mol. The van der Waals surface area contributed by atoms with Gasteiger partial charge in [-0.15, -0.1) is 11.6 Å². The van der Waals surface area contributed by atoms with Crippen LogP contribution in [0.3, 0.4) is 0 Å². The van der Waals surface area contributed by atoms with E-state index in [0.717, 1.165) is 0 Å². The lowest BCUT2D eigenvalue weighted by atomic mass is 9.88. The van der Waals surface area contributed by atoms with Gasteiger partial charge in [-0.2, -0.15) is 0 Å². The number of halogens is 1. The van der Waals surface area contributed by atoms with Crippen molar-refractivity contribution in [3.05, 3.63) is 39.2 Å².